The fourth-order valence-electron chi connectivity index (χ4n) is 2.46. The maximum atomic E-state index is 12.4. The second-order valence-electron chi connectivity index (χ2n) is 6.32. The van der Waals surface area contributed by atoms with Crippen LogP contribution in [0.2, 0.25) is 0 Å². The molecular weight excluding hydrogens is 438 g/mol. The van der Waals surface area contributed by atoms with Crippen LogP contribution in [0, 0.1) is 0 Å². The molecule has 0 aliphatic carbocycles. The molecule has 10 nitrogen and oxygen atoms in total. The molecule has 1 saturated heterocycles. The van der Waals surface area contributed by atoms with Gasteiger partial charge in [0.1, 0.15) is 16.5 Å². The van der Waals surface area contributed by atoms with Gasteiger partial charge in [-0.1, -0.05) is 27.7 Å². The zero-order valence-corrected chi connectivity index (χ0v) is 19.7. The number of carbonyl (C=O) groups is 4. The summed E-state index contributed by atoms with van der Waals surface area (Å²) >= 11 is 0. The van der Waals surface area contributed by atoms with Gasteiger partial charge < -0.3 is 20.4 Å². The molecular formula is C16H25N3O7S2Si. The van der Waals surface area contributed by atoms with E-state index in [4.69, 9.17) is 14.2 Å². The van der Waals surface area contributed by atoms with Crippen molar-refractivity contribution >= 4 is 55.8 Å². The van der Waals surface area contributed by atoms with E-state index in [0.717, 1.165) is 5.75 Å². The molecule has 0 spiro atoms. The molecule has 0 aromatic rings. The number of fused-ring (bicyclic) bond motifs is 7. The van der Waals surface area contributed by atoms with Crippen LogP contribution >= 0.6 is 21.6 Å². The van der Waals surface area contributed by atoms with Gasteiger partial charge in [0.05, 0.1) is 19.4 Å². The molecule has 0 aromatic heterocycles. The molecule has 2 aliphatic rings. The predicted molar refractivity (Wildman–Crippen MR) is 111 cm³/mol. The molecule has 2 aliphatic heterocycles. The molecule has 2 atom stereocenters. The van der Waals surface area contributed by atoms with Crippen LogP contribution in [0.1, 0.15) is 25.7 Å². The van der Waals surface area contributed by atoms with Gasteiger partial charge in [-0.2, -0.15) is 0 Å². The van der Waals surface area contributed by atoms with Crippen LogP contribution in [0.25, 0.3) is 0 Å². The first-order chi connectivity index (χ1) is 13.9. The van der Waals surface area contributed by atoms with Crippen LogP contribution in [0.5, 0.6) is 0 Å². The first-order valence-corrected chi connectivity index (χ1v) is 12.4. The fourth-order valence-corrected chi connectivity index (χ4v) is 4.97. The fraction of sp³-hybridized carbons (Fsp3) is 0.625. The van der Waals surface area contributed by atoms with Crippen molar-refractivity contribution in [1.82, 2.24) is 16.0 Å². The van der Waals surface area contributed by atoms with E-state index in [9.17, 15) is 19.2 Å². The summed E-state index contributed by atoms with van der Waals surface area (Å²) in [5.41, 5.74) is 0. The number of amides is 3. The zero-order valence-electron chi connectivity index (χ0n) is 16.1. The minimum absolute atomic E-state index is 0.00897. The number of hydrogen-bond donors (Lipinski definition) is 3. The van der Waals surface area contributed by atoms with Crippen LogP contribution in [-0.2, 0) is 33.4 Å². The summed E-state index contributed by atoms with van der Waals surface area (Å²) in [5.74, 6) is -2.43. The first kappa shape index (κ1) is 23.7. The summed E-state index contributed by atoms with van der Waals surface area (Å²) in [5, 5.41) is 7.81. The Morgan fingerprint density at radius 2 is 2.00 bits per heavy atom. The van der Waals surface area contributed by atoms with Crippen molar-refractivity contribution < 1.29 is 33.4 Å². The summed E-state index contributed by atoms with van der Waals surface area (Å²) in [6, 6.07) is -0.746. The third kappa shape index (κ3) is 8.38. The van der Waals surface area contributed by atoms with Gasteiger partial charge in [-0.3, -0.25) is 19.3 Å². The van der Waals surface area contributed by atoms with E-state index >= 15 is 0 Å². The van der Waals surface area contributed by atoms with Gasteiger partial charge >= 0.3 is 5.97 Å². The van der Waals surface area contributed by atoms with E-state index in [1.165, 1.54) is 10.8 Å². The van der Waals surface area contributed by atoms with Crippen LogP contribution < -0.4 is 16.0 Å². The lowest BCUT2D eigenvalue weighted by Crippen LogP contribution is -2.51. The van der Waals surface area contributed by atoms with E-state index < -0.39 is 29.6 Å². The molecule has 2 unspecified atom stereocenters. The highest BCUT2D eigenvalue weighted by atomic mass is 33.1. The van der Waals surface area contributed by atoms with E-state index in [0.29, 0.717) is 18.6 Å². The maximum absolute atomic E-state index is 12.4. The molecule has 3 amide bonds. The van der Waals surface area contributed by atoms with Gasteiger partial charge in [0.2, 0.25) is 23.5 Å². The van der Waals surface area contributed by atoms with Gasteiger partial charge in [-0.15, -0.1) is 4.89 Å². The van der Waals surface area contributed by atoms with Crippen LogP contribution in [-0.4, -0.2) is 70.6 Å². The average Bonchev–Trinajstić information content (AvgIpc) is 2.70. The van der Waals surface area contributed by atoms with E-state index in [1.807, 2.05) is 0 Å². The zero-order chi connectivity index (χ0) is 21.1. The Labute approximate surface area is 179 Å². The molecule has 0 radical (unpaired) electrons. The number of carbonyl (C=O) groups excluding carboxylic acids is 4. The number of nitrogens with one attached hydrogen (secondary N) is 3. The van der Waals surface area contributed by atoms with Gasteiger partial charge in [-0.25, -0.2) is 4.79 Å². The quantitative estimate of drug-likeness (QED) is 0.188. The third-order valence-corrected chi connectivity index (χ3v) is 7.18. The Morgan fingerprint density at radius 1 is 1.17 bits per heavy atom. The summed E-state index contributed by atoms with van der Waals surface area (Å²) in [6.07, 6.45) is 4.05. The third-order valence-electron chi connectivity index (χ3n) is 4.04. The summed E-state index contributed by atoms with van der Waals surface area (Å²) in [4.78, 5) is 59.0. The van der Waals surface area contributed by atoms with E-state index in [1.54, 1.807) is 22.9 Å². The second-order valence-corrected chi connectivity index (χ2v) is 9.36. The highest BCUT2D eigenvalue weighted by Crippen LogP contribution is 2.25. The van der Waals surface area contributed by atoms with Crippen molar-refractivity contribution in [3.8, 4) is 0 Å². The van der Waals surface area contributed by atoms with E-state index in [2.05, 4.69) is 16.0 Å². The van der Waals surface area contributed by atoms with Crippen LogP contribution in [0.4, 0.5) is 0 Å². The first-order valence-electron chi connectivity index (χ1n) is 9.13. The molecule has 2 bridgehead atoms. The highest BCUT2D eigenvalue weighted by molar-refractivity contribution is 8.76. The largest absolute Gasteiger partial charge is 0.395 e. The Balaban J connectivity index is 2.28. The Bertz CT molecular complexity index is 652. The monoisotopic (exact) mass is 463 g/mol. The lowest BCUT2D eigenvalue weighted by Gasteiger charge is -2.27. The number of rotatable bonds is 1. The van der Waals surface area contributed by atoms with E-state index in [-0.39, 0.29) is 42.3 Å². The molecule has 0 aromatic carbocycles. The molecule has 162 valence electrons. The minimum Gasteiger partial charge on any atom is -0.395 e. The molecule has 13 heteroatoms. The number of allylic oxidation sites excluding steroid dienone is 1. The molecule has 29 heavy (non-hydrogen) atoms. The minimum atomic E-state index is -1.55. The van der Waals surface area contributed by atoms with Crippen molar-refractivity contribution in [2.24, 2.45) is 0 Å². The topological polar surface area (TPSA) is 132 Å². The van der Waals surface area contributed by atoms with Gasteiger partial charge in [0.25, 0.3) is 0 Å². The second kappa shape index (κ2) is 12.2. The van der Waals surface area contributed by atoms with Gasteiger partial charge in [-0.05, 0) is 18.9 Å². The molecule has 0 saturated carbocycles. The van der Waals surface area contributed by atoms with Crippen molar-refractivity contribution in [2.45, 2.75) is 37.5 Å². The molecule has 2 heterocycles. The highest BCUT2D eigenvalue weighted by Gasteiger charge is 2.34. The van der Waals surface area contributed by atoms with Gasteiger partial charge in [0.15, 0.2) is 0 Å². The maximum Gasteiger partial charge on any atom is 0.342 e. The molecule has 3 N–H and O–H groups in total. The predicted octanol–water partition coefficient (Wildman–Crippen LogP) is -1.30. The standard InChI is InChI=1S/C16H25N3O7S2Si/c20-12-8-16(26-29)5-1-2-7-27-28-10-11(19-13(21)9-18-12)15(23)17-6-3-4-14(22)24-25-16/h1,5,11H,2-4,6-10H2,29H3,(H,17,23)(H,18,20)(H,19,21). The average molecular weight is 464 g/mol. The SMILES string of the molecule is O=C1CC2(O[SiH3])C=CCCSSCC(NC(=O)CN1)C(=O)NCCCC(=O)OO2. The lowest BCUT2D eigenvalue weighted by molar-refractivity contribution is -0.366. The Kier molecular flexibility index (Phi) is 10.0. The van der Waals surface area contributed by atoms with Crippen LogP contribution in [0.3, 0.4) is 0 Å². The smallest absolute Gasteiger partial charge is 0.342 e. The summed E-state index contributed by atoms with van der Waals surface area (Å²) < 4.78 is 5.48. The Hall–Kier alpha value is -1.54. The number of hydrogen-bond acceptors (Lipinski definition) is 9. The Morgan fingerprint density at radius 3 is 2.79 bits per heavy atom. The van der Waals surface area contributed by atoms with Crippen molar-refractivity contribution in [3.63, 3.8) is 0 Å². The van der Waals surface area contributed by atoms with Crippen molar-refractivity contribution in [1.29, 1.82) is 0 Å². The normalized spacial score (nSPS) is 28.6. The molecule has 1 fully saturated rings. The molecule has 2 rings (SSSR count). The summed E-state index contributed by atoms with van der Waals surface area (Å²) in [6.45, 7) is -0.0573. The van der Waals surface area contributed by atoms with Crippen molar-refractivity contribution in [3.05, 3.63) is 12.2 Å². The van der Waals surface area contributed by atoms with Crippen molar-refractivity contribution in [2.75, 3.05) is 24.6 Å². The van der Waals surface area contributed by atoms with Gasteiger partial charge in [0, 0.05) is 18.1 Å². The summed E-state index contributed by atoms with van der Waals surface area (Å²) in [7, 11) is 3.25. The lowest BCUT2D eigenvalue weighted by atomic mass is 10.1. The van der Waals surface area contributed by atoms with Crippen LogP contribution in [0.15, 0.2) is 12.2 Å².